The van der Waals surface area contributed by atoms with E-state index < -0.39 is 51.4 Å². The largest absolute Gasteiger partial charge is 0.507 e. The van der Waals surface area contributed by atoms with Crippen LogP contribution in [0.25, 0.3) is 11.1 Å². The van der Waals surface area contributed by atoms with E-state index in [2.05, 4.69) is 0 Å². The number of phenols is 1. The first-order valence-corrected chi connectivity index (χ1v) is 15.0. The molecule has 7 heteroatoms. The maximum absolute atomic E-state index is 14.5. The first kappa shape index (κ1) is 30.7. The number of hydrogen-bond acceptors (Lipinski definition) is 7. The molecule has 0 saturated heterocycles. The molecule has 3 aliphatic carbocycles. The van der Waals surface area contributed by atoms with Gasteiger partial charge in [0.05, 0.1) is 11.5 Å². The molecule has 7 nitrogen and oxygen atoms in total. The highest BCUT2D eigenvalue weighted by Crippen LogP contribution is 2.64. The van der Waals surface area contributed by atoms with Crippen molar-refractivity contribution in [3.05, 3.63) is 64.2 Å². The second kappa shape index (κ2) is 9.91. The van der Waals surface area contributed by atoms with Crippen molar-refractivity contribution in [2.45, 2.75) is 73.8 Å². The summed E-state index contributed by atoms with van der Waals surface area (Å²) < 4.78 is 0. The quantitative estimate of drug-likeness (QED) is 0.261. The van der Waals surface area contributed by atoms with Crippen molar-refractivity contribution in [2.75, 3.05) is 0 Å². The summed E-state index contributed by atoms with van der Waals surface area (Å²) in [5, 5.41) is 23.2. The van der Waals surface area contributed by atoms with Crippen LogP contribution in [0, 0.1) is 34.5 Å². The van der Waals surface area contributed by atoms with Crippen molar-refractivity contribution in [1.82, 2.24) is 0 Å². The van der Waals surface area contributed by atoms with Gasteiger partial charge in [-0.25, -0.2) is 0 Å². The molecule has 0 spiro atoms. The van der Waals surface area contributed by atoms with Crippen LogP contribution in [-0.2, 0) is 20.8 Å². The average Bonchev–Trinajstić information content (AvgIpc) is 2.90. The number of carbonyl (C=O) groups is 5. The van der Waals surface area contributed by atoms with Crippen molar-refractivity contribution in [1.29, 1.82) is 0 Å². The number of fused-ring (bicyclic) bond motifs is 3. The van der Waals surface area contributed by atoms with Crippen molar-refractivity contribution < 1.29 is 34.2 Å². The molecule has 0 aliphatic heterocycles. The summed E-state index contributed by atoms with van der Waals surface area (Å²) in [4.78, 5) is 68.3. The van der Waals surface area contributed by atoms with Gasteiger partial charge in [-0.2, -0.15) is 0 Å². The lowest BCUT2D eigenvalue weighted by Crippen LogP contribution is -2.73. The van der Waals surface area contributed by atoms with Crippen LogP contribution < -0.4 is 0 Å². The summed E-state index contributed by atoms with van der Waals surface area (Å²) >= 11 is 0. The SMILES string of the molecule is CC(=O)C1C(=O)[C@@]2(O)C(=O)C3C(=O)c4c(O)ccc(-c5cccc(C(=O)C(C)C)c5)c4C[C@@]3(C)C[C@@]2(C)C(C(C)C)=C1C. The number of aliphatic hydroxyl groups is 1. The third-order valence-corrected chi connectivity index (χ3v) is 10.3. The zero-order valence-corrected chi connectivity index (χ0v) is 26.1. The topological polar surface area (TPSA) is 126 Å². The van der Waals surface area contributed by atoms with Crippen LogP contribution in [0.2, 0.25) is 0 Å². The van der Waals surface area contributed by atoms with Gasteiger partial charge in [0.1, 0.15) is 17.5 Å². The molecule has 2 aromatic carbocycles. The summed E-state index contributed by atoms with van der Waals surface area (Å²) in [6.07, 6.45) is 0.358. The van der Waals surface area contributed by atoms with E-state index in [1.54, 1.807) is 38.1 Å². The Hall–Kier alpha value is -3.71. The van der Waals surface area contributed by atoms with Gasteiger partial charge in [0.15, 0.2) is 28.7 Å². The number of aromatic hydroxyl groups is 1. The summed E-state index contributed by atoms with van der Waals surface area (Å²) in [5.41, 5.74) is -1.22. The molecular weight excluding hydrogens is 544 g/mol. The number of benzene rings is 2. The molecule has 2 N–H and O–H groups in total. The zero-order chi connectivity index (χ0) is 32.0. The van der Waals surface area contributed by atoms with Crippen molar-refractivity contribution >= 4 is 28.9 Å². The van der Waals surface area contributed by atoms with Gasteiger partial charge >= 0.3 is 0 Å². The number of rotatable bonds is 5. The van der Waals surface area contributed by atoms with Crippen LogP contribution in [0.1, 0.15) is 88.1 Å². The molecule has 0 amide bonds. The highest BCUT2D eigenvalue weighted by Gasteiger charge is 2.73. The lowest BCUT2D eigenvalue weighted by atomic mass is 9.41. The monoisotopic (exact) mass is 584 g/mol. The Morgan fingerprint density at radius 2 is 1.63 bits per heavy atom. The first-order chi connectivity index (χ1) is 19.9. The molecule has 2 unspecified atom stereocenters. The minimum absolute atomic E-state index is 0.0108. The predicted molar refractivity (Wildman–Crippen MR) is 162 cm³/mol. The molecular formula is C36H40O7. The summed E-state index contributed by atoms with van der Waals surface area (Å²) in [6.45, 7) is 14.0. The zero-order valence-electron chi connectivity index (χ0n) is 26.1. The van der Waals surface area contributed by atoms with E-state index in [0.717, 1.165) is 0 Å². The Balaban J connectivity index is 1.74. The molecule has 0 aromatic heterocycles. The Labute approximate surface area is 252 Å². The fourth-order valence-corrected chi connectivity index (χ4v) is 8.78. The average molecular weight is 585 g/mol. The van der Waals surface area contributed by atoms with Gasteiger partial charge < -0.3 is 10.2 Å². The lowest BCUT2D eigenvalue weighted by molar-refractivity contribution is -0.183. The summed E-state index contributed by atoms with van der Waals surface area (Å²) in [5.74, 6) is -6.25. The standard InChI is InChI=1S/C36H40O7/c1-17(2)28-19(5)26(20(6)37)32(41)36(43)33(42)29-31(40)27-24(15-34(29,7)16-35(28,36)8)23(12-13-25(27)38)21-10-9-11-22(14-21)30(39)18(3)4/h9-14,17-18,26,29,38,43H,15-16H2,1-8H3/t26?,29?,34-,35-,36+/m0/s1. The molecule has 5 atom stereocenters. The van der Waals surface area contributed by atoms with E-state index in [0.29, 0.717) is 33.4 Å². The minimum Gasteiger partial charge on any atom is -0.507 e. The van der Waals surface area contributed by atoms with Crippen LogP contribution >= 0.6 is 0 Å². The van der Waals surface area contributed by atoms with E-state index in [-0.39, 0.29) is 41.8 Å². The predicted octanol–water partition coefficient (Wildman–Crippen LogP) is 5.73. The van der Waals surface area contributed by atoms with Crippen molar-refractivity contribution in [3.63, 3.8) is 0 Å². The number of Topliss-reactive ketones (excluding diaryl/α,β-unsaturated/α-hetero) is 5. The van der Waals surface area contributed by atoms with Gasteiger partial charge in [-0.15, -0.1) is 0 Å². The van der Waals surface area contributed by atoms with Crippen molar-refractivity contribution in [2.24, 2.45) is 34.5 Å². The fourth-order valence-electron chi connectivity index (χ4n) is 8.78. The van der Waals surface area contributed by atoms with Crippen LogP contribution in [0.15, 0.2) is 47.5 Å². The number of ketones is 5. The van der Waals surface area contributed by atoms with Crippen LogP contribution in [-0.4, -0.2) is 44.7 Å². The second-order valence-electron chi connectivity index (χ2n) is 14.0. The van der Waals surface area contributed by atoms with Crippen LogP contribution in [0.3, 0.4) is 0 Å². The lowest BCUT2D eigenvalue weighted by Gasteiger charge is -2.60. The summed E-state index contributed by atoms with van der Waals surface area (Å²) in [6, 6.07) is 10.3. The van der Waals surface area contributed by atoms with E-state index in [9.17, 15) is 34.2 Å². The Bertz CT molecular complexity index is 1660. The van der Waals surface area contributed by atoms with Gasteiger partial charge in [0.2, 0.25) is 0 Å². The number of carbonyl (C=O) groups excluding carboxylic acids is 5. The Kier molecular flexibility index (Phi) is 7.09. The molecule has 5 rings (SSSR count). The third kappa shape index (κ3) is 4.07. The van der Waals surface area contributed by atoms with Gasteiger partial charge in [-0.1, -0.05) is 77.0 Å². The number of hydrogen-bond donors (Lipinski definition) is 2. The maximum Gasteiger partial charge on any atom is 0.192 e. The van der Waals surface area contributed by atoms with Crippen molar-refractivity contribution in [3.8, 4) is 16.9 Å². The van der Waals surface area contributed by atoms with Gasteiger partial charge in [0, 0.05) is 16.9 Å². The van der Waals surface area contributed by atoms with Crippen LogP contribution in [0.4, 0.5) is 0 Å². The number of allylic oxidation sites excluding steroid dienone is 1. The molecule has 43 heavy (non-hydrogen) atoms. The van der Waals surface area contributed by atoms with E-state index in [1.807, 2.05) is 40.7 Å². The normalized spacial score (nSPS) is 30.3. The van der Waals surface area contributed by atoms with E-state index in [4.69, 9.17) is 0 Å². The van der Waals surface area contributed by atoms with Gasteiger partial charge in [-0.05, 0) is 66.8 Å². The van der Waals surface area contributed by atoms with Gasteiger partial charge in [0.25, 0.3) is 0 Å². The minimum atomic E-state index is -2.57. The Morgan fingerprint density at radius 3 is 2.21 bits per heavy atom. The second-order valence-corrected chi connectivity index (χ2v) is 14.0. The molecule has 1 fully saturated rings. The third-order valence-electron chi connectivity index (χ3n) is 10.3. The van der Waals surface area contributed by atoms with Gasteiger partial charge in [-0.3, -0.25) is 24.0 Å². The molecule has 0 radical (unpaired) electrons. The molecule has 3 aliphatic rings. The van der Waals surface area contributed by atoms with E-state index in [1.165, 1.54) is 13.0 Å². The highest BCUT2D eigenvalue weighted by atomic mass is 16.3. The fraction of sp³-hybridized carbons (Fsp3) is 0.472. The van der Waals surface area contributed by atoms with E-state index >= 15 is 0 Å². The van der Waals surface area contributed by atoms with Crippen LogP contribution in [0.5, 0.6) is 5.75 Å². The number of phenolic OH excluding ortho intramolecular Hbond substituents is 1. The Morgan fingerprint density at radius 1 is 0.977 bits per heavy atom. The first-order valence-electron chi connectivity index (χ1n) is 15.0. The summed E-state index contributed by atoms with van der Waals surface area (Å²) in [7, 11) is 0. The molecule has 0 bridgehead atoms. The smallest absolute Gasteiger partial charge is 0.192 e. The molecule has 226 valence electrons. The maximum atomic E-state index is 14.5. The molecule has 2 aromatic rings. The molecule has 1 saturated carbocycles. The molecule has 0 heterocycles. The highest BCUT2D eigenvalue weighted by molar-refractivity contribution is 6.27.